The fourth-order valence-electron chi connectivity index (χ4n) is 3.76. The SMILES string of the molecule is CC(C)C[C@H](N)C(=O)O.CC[C@H](C)[C@H](N)C(=O)O.C[C@H](NC1CCCCC1)C(=O)O.N[C@@H](Cc1ccccc1)C(=O)O. The number of nitrogens with one attached hydrogen (secondary N) is 1. The smallest absolute Gasteiger partial charge is 0.320 e. The molecule has 0 heterocycles. The van der Waals surface area contributed by atoms with Crippen LogP contribution in [0.15, 0.2) is 30.3 Å². The molecule has 12 heteroatoms. The van der Waals surface area contributed by atoms with E-state index in [-0.39, 0.29) is 5.92 Å². The van der Waals surface area contributed by atoms with Crippen LogP contribution in [0.5, 0.6) is 0 Å². The number of carboxylic acid groups (broad SMARTS) is 4. The normalized spacial score (nSPS) is 16.4. The monoisotopic (exact) mass is 598 g/mol. The summed E-state index contributed by atoms with van der Waals surface area (Å²) in [6, 6.07) is 7.19. The molecule has 0 saturated heterocycles. The van der Waals surface area contributed by atoms with Crippen molar-refractivity contribution in [3.63, 3.8) is 0 Å². The second kappa shape index (κ2) is 23.5. The molecular formula is C30H54N4O8. The van der Waals surface area contributed by atoms with E-state index in [1.165, 1.54) is 19.3 Å². The summed E-state index contributed by atoms with van der Waals surface area (Å²) in [6.07, 6.45) is 7.81. The average Bonchev–Trinajstić information content (AvgIpc) is 2.93. The van der Waals surface area contributed by atoms with Crippen molar-refractivity contribution in [2.75, 3.05) is 0 Å². The summed E-state index contributed by atoms with van der Waals surface area (Å²) in [5.74, 6) is -3.11. The Morgan fingerprint density at radius 3 is 1.62 bits per heavy atom. The second-order valence-corrected chi connectivity index (χ2v) is 11.0. The molecule has 0 bridgehead atoms. The van der Waals surface area contributed by atoms with E-state index < -0.39 is 48.0 Å². The second-order valence-electron chi connectivity index (χ2n) is 11.0. The molecule has 1 aromatic rings. The lowest BCUT2D eigenvalue weighted by Gasteiger charge is -2.24. The zero-order chi connectivity index (χ0) is 32.8. The van der Waals surface area contributed by atoms with E-state index in [0.29, 0.717) is 24.8 Å². The Hall–Kier alpha value is -3.06. The van der Waals surface area contributed by atoms with Crippen LogP contribution >= 0.6 is 0 Å². The molecular weight excluding hydrogens is 544 g/mol. The fraction of sp³-hybridized carbons (Fsp3) is 0.667. The first kappa shape index (κ1) is 41.1. The van der Waals surface area contributed by atoms with Crippen LogP contribution in [0.2, 0.25) is 0 Å². The first-order valence-electron chi connectivity index (χ1n) is 14.5. The van der Waals surface area contributed by atoms with Crippen molar-refractivity contribution in [3.05, 3.63) is 35.9 Å². The van der Waals surface area contributed by atoms with Crippen molar-refractivity contribution in [1.82, 2.24) is 5.32 Å². The van der Waals surface area contributed by atoms with Gasteiger partial charge in [-0.25, -0.2) is 0 Å². The number of carboxylic acids is 4. The lowest BCUT2D eigenvalue weighted by molar-refractivity contribution is -0.140. The predicted octanol–water partition coefficient (Wildman–Crippen LogP) is 2.91. The number of hydrogen-bond acceptors (Lipinski definition) is 8. The molecule has 1 aliphatic carbocycles. The molecule has 1 aliphatic rings. The maximum atomic E-state index is 10.5. The highest BCUT2D eigenvalue weighted by molar-refractivity contribution is 5.74. The third-order valence-corrected chi connectivity index (χ3v) is 6.66. The van der Waals surface area contributed by atoms with Crippen LogP contribution in [0.1, 0.15) is 85.1 Å². The van der Waals surface area contributed by atoms with E-state index in [4.69, 9.17) is 37.6 Å². The van der Waals surface area contributed by atoms with Crippen LogP contribution in [0.25, 0.3) is 0 Å². The van der Waals surface area contributed by atoms with Crippen molar-refractivity contribution in [2.45, 2.75) is 116 Å². The fourth-order valence-corrected chi connectivity index (χ4v) is 3.76. The highest BCUT2D eigenvalue weighted by atomic mass is 16.4. The largest absolute Gasteiger partial charge is 0.480 e. The zero-order valence-corrected chi connectivity index (χ0v) is 25.7. The van der Waals surface area contributed by atoms with Crippen LogP contribution < -0.4 is 22.5 Å². The molecule has 0 aromatic heterocycles. The minimum Gasteiger partial charge on any atom is -0.480 e. The van der Waals surface area contributed by atoms with Gasteiger partial charge in [0.1, 0.15) is 24.2 Å². The molecule has 2 rings (SSSR count). The van der Waals surface area contributed by atoms with Gasteiger partial charge in [-0.1, -0.05) is 83.7 Å². The van der Waals surface area contributed by atoms with Gasteiger partial charge in [-0.15, -0.1) is 0 Å². The third kappa shape index (κ3) is 21.7. The van der Waals surface area contributed by atoms with Gasteiger partial charge in [-0.3, -0.25) is 19.2 Å². The van der Waals surface area contributed by atoms with Crippen LogP contribution in [-0.4, -0.2) is 74.5 Å². The summed E-state index contributed by atoms with van der Waals surface area (Å²) in [5, 5.41) is 37.0. The number of rotatable bonds is 12. The van der Waals surface area contributed by atoms with Crippen LogP contribution in [0.4, 0.5) is 0 Å². The topological polar surface area (TPSA) is 239 Å². The van der Waals surface area contributed by atoms with Crippen molar-refractivity contribution in [1.29, 1.82) is 0 Å². The number of nitrogens with two attached hydrogens (primary N) is 3. The van der Waals surface area contributed by atoms with Gasteiger partial charge in [0.05, 0.1) is 0 Å². The maximum Gasteiger partial charge on any atom is 0.320 e. The molecule has 1 saturated carbocycles. The Morgan fingerprint density at radius 2 is 1.29 bits per heavy atom. The van der Waals surface area contributed by atoms with E-state index in [0.717, 1.165) is 24.8 Å². The Morgan fingerprint density at radius 1 is 0.786 bits per heavy atom. The van der Waals surface area contributed by atoms with Crippen LogP contribution in [0, 0.1) is 11.8 Å². The highest BCUT2D eigenvalue weighted by Crippen LogP contribution is 2.17. The minimum absolute atomic E-state index is 0.0718. The molecule has 0 unspecified atom stereocenters. The summed E-state index contributed by atoms with van der Waals surface area (Å²) in [4.78, 5) is 41.2. The quantitative estimate of drug-likeness (QED) is 0.173. The van der Waals surface area contributed by atoms with Gasteiger partial charge in [-0.2, -0.15) is 0 Å². The van der Waals surface area contributed by atoms with Gasteiger partial charge < -0.3 is 42.9 Å². The van der Waals surface area contributed by atoms with Gasteiger partial charge >= 0.3 is 23.9 Å². The van der Waals surface area contributed by atoms with E-state index in [2.05, 4.69) is 5.32 Å². The first-order valence-corrected chi connectivity index (χ1v) is 14.5. The first-order chi connectivity index (χ1) is 19.5. The predicted molar refractivity (Wildman–Crippen MR) is 163 cm³/mol. The molecule has 12 nitrogen and oxygen atoms in total. The summed E-state index contributed by atoms with van der Waals surface area (Å²) in [7, 11) is 0. The standard InChI is InChI=1S/C9H17NO2.C9H11NO2.2C6H13NO2/c1-7(9(11)12)10-8-5-3-2-4-6-8;10-8(9(11)12)6-7-4-2-1-3-5-7;1-4(2)3-5(7)6(8)9;1-3-4(2)5(7)6(8)9/h7-8,10H,2-6H2,1H3,(H,11,12);1-5,8H,6,10H2,(H,11,12);2*4-5H,3,7H2,1-2H3,(H,8,9)/t7-;8-;5-;4-,5-/m0000/s1. The van der Waals surface area contributed by atoms with Crippen molar-refractivity contribution >= 4 is 23.9 Å². The minimum atomic E-state index is -0.959. The van der Waals surface area contributed by atoms with Crippen LogP contribution in [-0.2, 0) is 25.6 Å². The number of hydrogen-bond donors (Lipinski definition) is 8. The van der Waals surface area contributed by atoms with Crippen molar-refractivity contribution in [3.8, 4) is 0 Å². The molecule has 0 aliphatic heterocycles. The van der Waals surface area contributed by atoms with E-state index in [9.17, 15) is 19.2 Å². The third-order valence-electron chi connectivity index (χ3n) is 6.66. The molecule has 11 N–H and O–H groups in total. The lowest BCUT2D eigenvalue weighted by atomic mass is 9.95. The van der Waals surface area contributed by atoms with Gasteiger partial charge in [0.25, 0.3) is 0 Å². The Balaban J connectivity index is 0. The Kier molecular flexibility index (Phi) is 23.0. The summed E-state index contributed by atoms with van der Waals surface area (Å²) in [5.41, 5.74) is 16.8. The Labute approximate surface area is 250 Å². The zero-order valence-electron chi connectivity index (χ0n) is 25.7. The molecule has 0 radical (unpaired) electrons. The van der Waals surface area contributed by atoms with E-state index in [1.54, 1.807) is 6.92 Å². The van der Waals surface area contributed by atoms with Gasteiger partial charge in [0, 0.05) is 6.04 Å². The highest BCUT2D eigenvalue weighted by Gasteiger charge is 2.19. The van der Waals surface area contributed by atoms with Gasteiger partial charge in [-0.05, 0) is 50.0 Å². The molecule has 5 atom stereocenters. The van der Waals surface area contributed by atoms with Crippen LogP contribution in [0.3, 0.4) is 0 Å². The van der Waals surface area contributed by atoms with E-state index >= 15 is 0 Å². The van der Waals surface area contributed by atoms with Crippen molar-refractivity contribution in [2.24, 2.45) is 29.0 Å². The number of carbonyl (C=O) groups is 4. The Bertz CT molecular complexity index is 895. The molecule has 0 spiro atoms. The number of aliphatic carboxylic acids is 4. The molecule has 42 heavy (non-hydrogen) atoms. The number of benzene rings is 1. The molecule has 242 valence electrons. The lowest BCUT2D eigenvalue weighted by Crippen LogP contribution is -2.42. The molecule has 1 aromatic carbocycles. The summed E-state index contributed by atoms with van der Waals surface area (Å²) >= 11 is 0. The van der Waals surface area contributed by atoms with E-state index in [1.807, 2.05) is 58.0 Å². The summed E-state index contributed by atoms with van der Waals surface area (Å²) in [6.45, 7) is 9.36. The van der Waals surface area contributed by atoms with Gasteiger partial charge in [0.2, 0.25) is 0 Å². The van der Waals surface area contributed by atoms with Gasteiger partial charge in [0.15, 0.2) is 0 Å². The molecule has 1 fully saturated rings. The maximum absolute atomic E-state index is 10.5. The molecule has 0 amide bonds. The summed E-state index contributed by atoms with van der Waals surface area (Å²) < 4.78 is 0. The van der Waals surface area contributed by atoms with Crippen molar-refractivity contribution < 1.29 is 39.6 Å². The average molecular weight is 599 g/mol.